The van der Waals surface area contributed by atoms with Gasteiger partial charge in [-0.2, -0.15) is 0 Å². The Kier molecular flexibility index (Phi) is 4.62. The highest BCUT2D eigenvalue weighted by molar-refractivity contribution is 7.10. The third kappa shape index (κ3) is 3.13. The van der Waals surface area contributed by atoms with Gasteiger partial charge < -0.3 is 0 Å². The van der Waals surface area contributed by atoms with Gasteiger partial charge in [0, 0.05) is 9.90 Å². The maximum absolute atomic E-state index is 13.3. The van der Waals surface area contributed by atoms with E-state index in [1.807, 2.05) is 60.0 Å². The van der Waals surface area contributed by atoms with Crippen molar-refractivity contribution in [2.24, 2.45) is 5.92 Å². The fraction of sp³-hybridized carbons (Fsp3) is 0.182. The lowest BCUT2D eigenvalue weighted by atomic mass is 9.95. The van der Waals surface area contributed by atoms with Crippen LogP contribution in [0, 0.1) is 5.92 Å². The molecule has 0 bridgehead atoms. The van der Waals surface area contributed by atoms with Crippen LogP contribution >= 0.6 is 22.9 Å². The summed E-state index contributed by atoms with van der Waals surface area (Å²) in [4.78, 5) is 34.8. The SMILES string of the molecule is O=C1[C@@H]2[C@H](ON(c3ccc(Cl)cc3)[C@@H]2c2cccs2)C(=O)N1Cc1ccccc1. The Morgan fingerprint density at radius 1 is 0.931 bits per heavy atom. The molecule has 146 valence electrons. The van der Waals surface area contributed by atoms with E-state index in [1.165, 1.54) is 4.90 Å². The smallest absolute Gasteiger partial charge is 0.262 e. The van der Waals surface area contributed by atoms with Gasteiger partial charge in [-0.3, -0.25) is 19.3 Å². The molecule has 0 unspecified atom stereocenters. The van der Waals surface area contributed by atoms with E-state index in [-0.39, 0.29) is 24.4 Å². The molecule has 3 heterocycles. The maximum Gasteiger partial charge on any atom is 0.262 e. The van der Waals surface area contributed by atoms with E-state index in [0.29, 0.717) is 5.02 Å². The predicted molar refractivity (Wildman–Crippen MR) is 111 cm³/mol. The number of nitrogens with zero attached hydrogens (tertiary/aromatic N) is 2. The number of hydrogen-bond acceptors (Lipinski definition) is 5. The fourth-order valence-corrected chi connectivity index (χ4v) is 4.93. The predicted octanol–water partition coefficient (Wildman–Crippen LogP) is 4.45. The summed E-state index contributed by atoms with van der Waals surface area (Å²) in [7, 11) is 0. The first-order valence-corrected chi connectivity index (χ1v) is 10.5. The lowest BCUT2D eigenvalue weighted by molar-refractivity contribution is -0.143. The van der Waals surface area contributed by atoms with Crippen LogP contribution in [0.3, 0.4) is 0 Å². The third-order valence-electron chi connectivity index (χ3n) is 5.31. The van der Waals surface area contributed by atoms with Crippen LogP contribution in [0.2, 0.25) is 5.02 Å². The Morgan fingerprint density at radius 2 is 1.69 bits per heavy atom. The maximum atomic E-state index is 13.3. The zero-order valence-corrected chi connectivity index (χ0v) is 16.8. The molecule has 2 amide bonds. The average molecular weight is 425 g/mol. The number of hydroxylamine groups is 1. The largest absolute Gasteiger partial charge is 0.275 e. The van der Waals surface area contributed by atoms with E-state index in [0.717, 1.165) is 16.1 Å². The molecule has 1 aromatic heterocycles. The minimum absolute atomic E-state index is 0.196. The standard InChI is InChI=1S/C22H17ClN2O3S/c23-15-8-10-16(11-9-15)25-19(17-7-4-12-29-17)18-20(28-25)22(27)24(21(18)26)13-14-5-2-1-3-6-14/h1-12,18-20H,13H2/t18-,19+,20-/m0/s1. The number of rotatable bonds is 4. The molecule has 2 saturated heterocycles. The molecule has 0 saturated carbocycles. The molecule has 0 spiro atoms. The van der Waals surface area contributed by atoms with Gasteiger partial charge in [-0.15, -0.1) is 11.3 Å². The van der Waals surface area contributed by atoms with E-state index in [9.17, 15) is 9.59 Å². The molecule has 3 atom stereocenters. The number of carbonyl (C=O) groups is 2. The summed E-state index contributed by atoms with van der Waals surface area (Å²) in [5.41, 5.74) is 1.67. The Balaban J connectivity index is 1.50. The van der Waals surface area contributed by atoms with E-state index in [2.05, 4.69) is 0 Å². The van der Waals surface area contributed by atoms with Gasteiger partial charge in [-0.25, -0.2) is 5.06 Å². The van der Waals surface area contributed by atoms with Gasteiger partial charge in [0.15, 0.2) is 6.10 Å². The molecule has 3 aromatic rings. The number of imide groups is 1. The summed E-state index contributed by atoms with van der Waals surface area (Å²) in [6, 6.07) is 20.3. The first-order valence-electron chi connectivity index (χ1n) is 9.27. The normalized spacial score (nSPS) is 23.7. The molecule has 0 aliphatic carbocycles. The van der Waals surface area contributed by atoms with Crippen molar-refractivity contribution in [3.63, 3.8) is 0 Å². The highest BCUT2D eigenvalue weighted by atomic mass is 35.5. The van der Waals surface area contributed by atoms with Crippen molar-refractivity contribution >= 4 is 40.4 Å². The van der Waals surface area contributed by atoms with Crippen LogP contribution in [0.15, 0.2) is 72.1 Å². The Bertz CT molecular complexity index is 1040. The number of fused-ring (bicyclic) bond motifs is 1. The van der Waals surface area contributed by atoms with Crippen molar-refractivity contribution in [2.75, 3.05) is 5.06 Å². The van der Waals surface area contributed by atoms with E-state index < -0.39 is 12.0 Å². The number of halogens is 1. The van der Waals surface area contributed by atoms with Crippen molar-refractivity contribution < 1.29 is 14.4 Å². The number of thiophene rings is 1. The van der Waals surface area contributed by atoms with Gasteiger partial charge in [0.1, 0.15) is 12.0 Å². The van der Waals surface area contributed by atoms with Crippen molar-refractivity contribution in [2.45, 2.75) is 18.7 Å². The van der Waals surface area contributed by atoms with Gasteiger partial charge in [0.25, 0.3) is 5.91 Å². The van der Waals surface area contributed by atoms with Crippen LogP contribution in [0.1, 0.15) is 16.5 Å². The lowest BCUT2D eigenvalue weighted by Crippen LogP contribution is -2.36. The minimum Gasteiger partial charge on any atom is -0.275 e. The molecule has 29 heavy (non-hydrogen) atoms. The van der Waals surface area contributed by atoms with Gasteiger partial charge in [0.05, 0.1) is 12.2 Å². The highest BCUT2D eigenvalue weighted by Gasteiger charge is 2.60. The summed E-state index contributed by atoms with van der Waals surface area (Å²) >= 11 is 7.57. The second-order valence-corrected chi connectivity index (χ2v) is 8.48. The summed E-state index contributed by atoms with van der Waals surface area (Å²) in [5.74, 6) is -1.07. The highest BCUT2D eigenvalue weighted by Crippen LogP contribution is 2.48. The van der Waals surface area contributed by atoms with Crippen LogP contribution in [0.4, 0.5) is 5.69 Å². The Labute approximate surface area is 177 Å². The zero-order valence-electron chi connectivity index (χ0n) is 15.3. The summed E-state index contributed by atoms with van der Waals surface area (Å²) in [6.45, 7) is 0.257. The van der Waals surface area contributed by atoms with Gasteiger partial charge in [0.2, 0.25) is 5.91 Å². The molecule has 5 nitrogen and oxygen atoms in total. The molecule has 5 rings (SSSR count). The third-order valence-corrected chi connectivity index (χ3v) is 6.50. The number of carbonyl (C=O) groups excluding carboxylic acids is 2. The molecule has 2 aliphatic heterocycles. The van der Waals surface area contributed by atoms with Gasteiger partial charge in [-0.05, 0) is 41.3 Å². The van der Waals surface area contributed by atoms with Crippen molar-refractivity contribution in [1.29, 1.82) is 0 Å². The van der Waals surface area contributed by atoms with Crippen molar-refractivity contribution in [3.05, 3.63) is 87.6 Å². The Morgan fingerprint density at radius 3 is 2.38 bits per heavy atom. The molecule has 2 aromatic carbocycles. The van der Waals surface area contributed by atoms with E-state index in [1.54, 1.807) is 28.5 Å². The molecular formula is C22H17ClN2O3S. The van der Waals surface area contributed by atoms with Gasteiger partial charge >= 0.3 is 0 Å². The first kappa shape index (κ1) is 18.4. The minimum atomic E-state index is -0.825. The van der Waals surface area contributed by atoms with Gasteiger partial charge in [-0.1, -0.05) is 48.0 Å². The average Bonchev–Trinajstić information content (AvgIpc) is 3.44. The lowest BCUT2D eigenvalue weighted by Gasteiger charge is -2.27. The Hall–Kier alpha value is -2.67. The monoisotopic (exact) mass is 424 g/mol. The quantitative estimate of drug-likeness (QED) is 0.581. The summed E-state index contributed by atoms with van der Waals surface area (Å²) < 4.78 is 0. The number of likely N-dealkylation sites (tertiary alicyclic amines) is 1. The van der Waals surface area contributed by atoms with Crippen molar-refractivity contribution in [3.8, 4) is 0 Å². The van der Waals surface area contributed by atoms with E-state index in [4.69, 9.17) is 16.4 Å². The number of benzene rings is 2. The molecule has 2 fully saturated rings. The molecule has 7 heteroatoms. The first-order chi connectivity index (χ1) is 14.1. The number of amides is 2. The van der Waals surface area contributed by atoms with E-state index >= 15 is 0 Å². The fourth-order valence-electron chi connectivity index (χ4n) is 3.95. The van der Waals surface area contributed by atoms with Crippen LogP contribution in [-0.4, -0.2) is 22.8 Å². The number of anilines is 1. The topological polar surface area (TPSA) is 49.9 Å². The molecule has 0 radical (unpaired) electrons. The summed E-state index contributed by atoms with van der Waals surface area (Å²) in [6.07, 6.45) is -0.825. The van der Waals surface area contributed by atoms with Crippen LogP contribution < -0.4 is 5.06 Å². The summed E-state index contributed by atoms with van der Waals surface area (Å²) in [5, 5.41) is 4.26. The van der Waals surface area contributed by atoms with Crippen LogP contribution in [0.25, 0.3) is 0 Å². The second-order valence-electron chi connectivity index (χ2n) is 7.06. The molecular weight excluding hydrogens is 408 g/mol. The van der Waals surface area contributed by atoms with Crippen LogP contribution in [0.5, 0.6) is 0 Å². The zero-order chi connectivity index (χ0) is 20.0. The van der Waals surface area contributed by atoms with Crippen LogP contribution in [-0.2, 0) is 21.0 Å². The molecule has 2 aliphatic rings. The molecule has 0 N–H and O–H groups in total. The second kappa shape index (κ2) is 7.30. The number of hydrogen-bond donors (Lipinski definition) is 0. The van der Waals surface area contributed by atoms with Crippen molar-refractivity contribution in [1.82, 2.24) is 4.90 Å².